The SMILES string of the molecule is C1CCC1.C=C(Oc1ccc(OC(=O)c2ccc3cc(C)ccc3c2)cc1)c1ccc2cc(C)ccc2c1. The Kier molecular flexibility index (Phi) is 7.55. The number of esters is 1. The molecular formula is C35H32O3. The third-order valence-corrected chi connectivity index (χ3v) is 6.82. The molecule has 1 fully saturated rings. The summed E-state index contributed by atoms with van der Waals surface area (Å²) >= 11 is 0. The van der Waals surface area contributed by atoms with Crippen molar-refractivity contribution in [2.24, 2.45) is 0 Å². The molecule has 1 saturated carbocycles. The first-order valence-electron chi connectivity index (χ1n) is 13.1. The summed E-state index contributed by atoms with van der Waals surface area (Å²) in [5, 5.41) is 4.43. The molecule has 0 amide bonds. The van der Waals surface area contributed by atoms with E-state index in [9.17, 15) is 4.79 Å². The molecule has 0 radical (unpaired) electrons. The van der Waals surface area contributed by atoms with Gasteiger partial charge in [0.05, 0.1) is 5.56 Å². The third-order valence-electron chi connectivity index (χ3n) is 6.82. The van der Waals surface area contributed by atoms with Crippen molar-refractivity contribution in [3.8, 4) is 11.5 Å². The van der Waals surface area contributed by atoms with Gasteiger partial charge in [-0.25, -0.2) is 4.79 Å². The van der Waals surface area contributed by atoms with E-state index in [0.717, 1.165) is 21.7 Å². The summed E-state index contributed by atoms with van der Waals surface area (Å²) in [6, 6.07) is 31.2. The van der Waals surface area contributed by atoms with Crippen LogP contribution in [0.3, 0.4) is 0 Å². The summed E-state index contributed by atoms with van der Waals surface area (Å²) in [5.41, 5.74) is 3.84. The largest absolute Gasteiger partial charge is 0.457 e. The zero-order valence-electron chi connectivity index (χ0n) is 22.0. The summed E-state index contributed by atoms with van der Waals surface area (Å²) in [5.74, 6) is 1.23. The normalized spacial score (nSPS) is 12.3. The van der Waals surface area contributed by atoms with Crippen LogP contribution in [0.1, 0.15) is 52.7 Å². The molecule has 0 saturated heterocycles. The molecule has 6 rings (SSSR count). The molecule has 0 N–H and O–H groups in total. The quantitative estimate of drug-likeness (QED) is 0.137. The molecule has 190 valence electrons. The Bertz CT molecular complexity index is 1490. The van der Waals surface area contributed by atoms with Crippen molar-refractivity contribution in [1.82, 2.24) is 0 Å². The minimum Gasteiger partial charge on any atom is -0.457 e. The van der Waals surface area contributed by atoms with Gasteiger partial charge < -0.3 is 9.47 Å². The fourth-order valence-corrected chi connectivity index (χ4v) is 4.22. The zero-order valence-corrected chi connectivity index (χ0v) is 22.0. The predicted octanol–water partition coefficient (Wildman–Crippen LogP) is 9.44. The van der Waals surface area contributed by atoms with Gasteiger partial charge in [-0.1, -0.05) is 98.0 Å². The Morgan fingerprint density at radius 3 is 1.50 bits per heavy atom. The minimum absolute atomic E-state index is 0.396. The van der Waals surface area contributed by atoms with Gasteiger partial charge in [0, 0.05) is 5.56 Å². The van der Waals surface area contributed by atoms with Gasteiger partial charge in [0.25, 0.3) is 0 Å². The highest BCUT2D eigenvalue weighted by atomic mass is 16.5. The van der Waals surface area contributed by atoms with Crippen molar-refractivity contribution in [2.75, 3.05) is 0 Å². The Balaban J connectivity index is 0.000000673. The number of rotatable bonds is 5. The molecule has 3 heteroatoms. The van der Waals surface area contributed by atoms with Gasteiger partial charge in [0.15, 0.2) is 0 Å². The van der Waals surface area contributed by atoms with Crippen LogP contribution in [0.4, 0.5) is 0 Å². The van der Waals surface area contributed by atoms with Gasteiger partial charge in [-0.3, -0.25) is 0 Å². The highest BCUT2D eigenvalue weighted by molar-refractivity contribution is 5.96. The van der Waals surface area contributed by atoms with E-state index < -0.39 is 5.97 Å². The van der Waals surface area contributed by atoms with Crippen molar-refractivity contribution in [3.63, 3.8) is 0 Å². The smallest absolute Gasteiger partial charge is 0.343 e. The minimum atomic E-state index is -0.396. The highest BCUT2D eigenvalue weighted by Crippen LogP contribution is 2.26. The average molecular weight is 501 g/mol. The lowest BCUT2D eigenvalue weighted by atomic mass is 10.0. The molecule has 0 bridgehead atoms. The first-order chi connectivity index (χ1) is 18.4. The molecule has 0 heterocycles. The second-order valence-electron chi connectivity index (χ2n) is 9.93. The lowest BCUT2D eigenvalue weighted by Gasteiger charge is -2.11. The van der Waals surface area contributed by atoms with Crippen molar-refractivity contribution >= 4 is 33.3 Å². The zero-order chi connectivity index (χ0) is 26.5. The van der Waals surface area contributed by atoms with E-state index in [-0.39, 0.29) is 0 Å². The molecule has 3 nitrogen and oxygen atoms in total. The fraction of sp³-hybridized carbons (Fsp3) is 0.171. The molecule has 1 aliphatic carbocycles. The number of aryl methyl sites for hydroxylation is 2. The van der Waals surface area contributed by atoms with Crippen LogP contribution in [0.25, 0.3) is 27.3 Å². The van der Waals surface area contributed by atoms with Crippen molar-refractivity contribution in [2.45, 2.75) is 39.5 Å². The van der Waals surface area contributed by atoms with Gasteiger partial charge in [-0.2, -0.15) is 0 Å². The first kappa shape index (κ1) is 25.3. The lowest BCUT2D eigenvalue weighted by molar-refractivity contribution is 0.0735. The number of fused-ring (bicyclic) bond motifs is 2. The van der Waals surface area contributed by atoms with Gasteiger partial charge in [-0.05, 0) is 77.9 Å². The standard InChI is InChI=1S/C31H24O3.C4H8/c1-20-4-6-26-18-23(8-9-24(26)16-20)22(3)33-29-12-14-30(15-13-29)34-31(32)28-11-10-25-17-21(2)5-7-27(25)19-28;1-2-4-3-1/h4-19H,3H2,1-2H3;1-4H2. The molecule has 0 spiro atoms. The Labute approximate surface area is 224 Å². The van der Waals surface area contributed by atoms with Crippen molar-refractivity contribution in [3.05, 3.63) is 126 Å². The molecule has 0 aliphatic heterocycles. The number of hydrogen-bond donors (Lipinski definition) is 0. The van der Waals surface area contributed by atoms with Crippen LogP contribution in [0.5, 0.6) is 11.5 Å². The number of carbonyl (C=O) groups excluding carboxylic acids is 1. The van der Waals surface area contributed by atoms with Gasteiger partial charge in [-0.15, -0.1) is 0 Å². The van der Waals surface area contributed by atoms with Crippen LogP contribution in [-0.4, -0.2) is 5.97 Å². The van der Waals surface area contributed by atoms with E-state index in [0.29, 0.717) is 22.8 Å². The molecular weight excluding hydrogens is 468 g/mol. The van der Waals surface area contributed by atoms with Crippen LogP contribution in [0.15, 0.2) is 104 Å². The molecule has 0 atom stereocenters. The first-order valence-corrected chi connectivity index (χ1v) is 13.1. The summed E-state index contributed by atoms with van der Waals surface area (Å²) in [6.45, 7) is 8.21. The molecule has 0 unspecified atom stereocenters. The third kappa shape index (κ3) is 6.12. The van der Waals surface area contributed by atoms with Gasteiger partial charge in [0.1, 0.15) is 17.3 Å². The molecule has 0 aromatic heterocycles. The Morgan fingerprint density at radius 1 is 0.553 bits per heavy atom. The highest BCUT2D eigenvalue weighted by Gasteiger charge is 2.10. The summed E-state index contributed by atoms with van der Waals surface area (Å²) in [4.78, 5) is 12.6. The number of ether oxygens (including phenoxy) is 2. The maximum Gasteiger partial charge on any atom is 0.343 e. The van der Waals surface area contributed by atoms with Crippen molar-refractivity contribution in [1.29, 1.82) is 0 Å². The molecule has 38 heavy (non-hydrogen) atoms. The fourth-order valence-electron chi connectivity index (χ4n) is 4.22. The Hall–Kier alpha value is -4.37. The molecule has 5 aromatic carbocycles. The Morgan fingerprint density at radius 2 is 0.974 bits per heavy atom. The van der Waals surface area contributed by atoms with E-state index in [2.05, 4.69) is 49.9 Å². The van der Waals surface area contributed by atoms with E-state index in [1.54, 1.807) is 30.3 Å². The van der Waals surface area contributed by atoms with Crippen LogP contribution in [-0.2, 0) is 0 Å². The van der Waals surface area contributed by atoms with Gasteiger partial charge >= 0.3 is 5.97 Å². The maximum absolute atomic E-state index is 12.6. The maximum atomic E-state index is 12.6. The van der Waals surface area contributed by atoms with Crippen LogP contribution in [0.2, 0.25) is 0 Å². The van der Waals surface area contributed by atoms with E-state index in [4.69, 9.17) is 9.47 Å². The van der Waals surface area contributed by atoms with Crippen LogP contribution >= 0.6 is 0 Å². The topological polar surface area (TPSA) is 35.5 Å². The monoisotopic (exact) mass is 500 g/mol. The summed E-state index contributed by atoms with van der Waals surface area (Å²) in [6.07, 6.45) is 6.00. The predicted molar refractivity (Wildman–Crippen MR) is 157 cm³/mol. The van der Waals surface area contributed by atoms with Gasteiger partial charge in [0.2, 0.25) is 0 Å². The van der Waals surface area contributed by atoms with E-state index >= 15 is 0 Å². The lowest BCUT2D eigenvalue weighted by Crippen LogP contribution is -2.08. The van der Waals surface area contributed by atoms with Crippen LogP contribution in [0, 0.1) is 13.8 Å². The van der Waals surface area contributed by atoms with Crippen molar-refractivity contribution < 1.29 is 14.3 Å². The number of hydrogen-bond acceptors (Lipinski definition) is 3. The number of carbonyl (C=O) groups is 1. The average Bonchev–Trinajstić information content (AvgIpc) is 2.88. The van der Waals surface area contributed by atoms with E-state index in [1.165, 1.54) is 42.2 Å². The summed E-state index contributed by atoms with van der Waals surface area (Å²) in [7, 11) is 0. The second kappa shape index (κ2) is 11.4. The summed E-state index contributed by atoms with van der Waals surface area (Å²) < 4.78 is 11.5. The molecule has 5 aromatic rings. The second-order valence-corrected chi connectivity index (χ2v) is 9.93. The van der Waals surface area contributed by atoms with E-state index in [1.807, 2.05) is 37.3 Å². The molecule has 1 aliphatic rings. The van der Waals surface area contributed by atoms with Crippen LogP contribution < -0.4 is 9.47 Å². The number of benzene rings is 5.